The smallest absolute Gasteiger partial charge is 0.253 e. The molecule has 0 unspecified atom stereocenters. The van der Waals surface area contributed by atoms with Gasteiger partial charge in [-0.25, -0.2) is 0 Å². The number of rotatable bonds is 8. The van der Waals surface area contributed by atoms with Gasteiger partial charge in [0.15, 0.2) is 0 Å². The van der Waals surface area contributed by atoms with Gasteiger partial charge in [-0.15, -0.1) is 0 Å². The molecule has 2 aliphatic rings. The molecule has 4 rings (SSSR count). The molecule has 172 valence electrons. The van der Waals surface area contributed by atoms with Crippen molar-refractivity contribution in [3.8, 4) is 5.75 Å². The average molecular weight is 437 g/mol. The Labute approximate surface area is 192 Å². The number of amides is 1. The predicted octanol–water partition coefficient (Wildman–Crippen LogP) is 4.27. The van der Waals surface area contributed by atoms with Gasteiger partial charge in [0.25, 0.3) is 5.91 Å². The Morgan fingerprint density at radius 2 is 1.72 bits per heavy atom. The van der Waals surface area contributed by atoms with Crippen molar-refractivity contribution < 1.29 is 14.3 Å². The van der Waals surface area contributed by atoms with E-state index in [-0.39, 0.29) is 12.0 Å². The molecule has 5 nitrogen and oxygen atoms in total. The van der Waals surface area contributed by atoms with Crippen LogP contribution in [0.3, 0.4) is 0 Å². The lowest BCUT2D eigenvalue weighted by Gasteiger charge is -2.33. The molecule has 0 saturated carbocycles. The number of piperidine rings is 2. The van der Waals surface area contributed by atoms with Gasteiger partial charge in [0.2, 0.25) is 0 Å². The zero-order valence-corrected chi connectivity index (χ0v) is 19.2. The third-order valence-electron chi connectivity index (χ3n) is 6.71. The fraction of sp³-hybridized carbons (Fsp3) is 0.519. The first kappa shape index (κ1) is 22.8. The van der Waals surface area contributed by atoms with E-state index in [1.54, 1.807) is 7.11 Å². The minimum atomic E-state index is 0.115. The zero-order valence-electron chi connectivity index (χ0n) is 19.2. The van der Waals surface area contributed by atoms with E-state index in [4.69, 9.17) is 9.47 Å². The number of nitrogens with zero attached hydrogens (tertiary/aromatic N) is 2. The SMILES string of the molecule is COC[C@H]1CCCN(C(=O)c2ccc(OC3CCN(CCc4ccccc4)CC3)cc2)C1. The Morgan fingerprint density at radius 1 is 0.969 bits per heavy atom. The van der Waals surface area contributed by atoms with Gasteiger partial charge < -0.3 is 19.3 Å². The van der Waals surface area contributed by atoms with E-state index in [0.717, 1.165) is 82.7 Å². The van der Waals surface area contributed by atoms with Crippen LogP contribution >= 0.6 is 0 Å². The number of likely N-dealkylation sites (tertiary alicyclic amines) is 2. The molecule has 1 atom stereocenters. The Hall–Kier alpha value is -2.37. The van der Waals surface area contributed by atoms with Crippen LogP contribution in [0.5, 0.6) is 5.75 Å². The first-order valence-corrected chi connectivity index (χ1v) is 12.0. The summed E-state index contributed by atoms with van der Waals surface area (Å²) in [5, 5.41) is 0. The third-order valence-corrected chi connectivity index (χ3v) is 6.71. The number of methoxy groups -OCH3 is 1. The van der Waals surface area contributed by atoms with Crippen LogP contribution in [0.4, 0.5) is 0 Å². The molecule has 1 amide bonds. The highest BCUT2D eigenvalue weighted by Gasteiger charge is 2.25. The molecule has 0 aliphatic carbocycles. The first-order valence-electron chi connectivity index (χ1n) is 12.0. The number of carbonyl (C=O) groups excluding carboxylic acids is 1. The van der Waals surface area contributed by atoms with E-state index >= 15 is 0 Å². The summed E-state index contributed by atoms with van der Waals surface area (Å²) in [6, 6.07) is 18.4. The summed E-state index contributed by atoms with van der Waals surface area (Å²) in [4.78, 5) is 17.4. The number of hydrogen-bond acceptors (Lipinski definition) is 4. The van der Waals surface area contributed by atoms with Gasteiger partial charge in [0, 0.05) is 45.4 Å². The summed E-state index contributed by atoms with van der Waals surface area (Å²) in [5.41, 5.74) is 2.14. The third kappa shape index (κ3) is 6.33. The van der Waals surface area contributed by atoms with E-state index in [2.05, 4.69) is 35.2 Å². The molecule has 32 heavy (non-hydrogen) atoms. The maximum absolute atomic E-state index is 12.9. The van der Waals surface area contributed by atoms with Crippen molar-refractivity contribution in [2.45, 2.75) is 38.2 Å². The minimum Gasteiger partial charge on any atom is -0.490 e. The van der Waals surface area contributed by atoms with Gasteiger partial charge in [0.05, 0.1) is 6.61 Å². The molecule has 2 aliphatic heterocycles. The summed E-state index contributed by atoms with van der Waals surface area (Å²) < 4.78 is 11.5. The Bertz CT molecular complexity index is 830. The number of carbonyl (C=O) groups is 1. The molecule has 2 heterocycles. The molecule has 2 fully saturated rings. The van der Waals surface area contributed by atoms with Crippen molar-refractivity contribution in [1.29, 1.82) is 0 Å². The quantitative estimate of drug-likeness (QED) is 0.620. The molecule has 0 bridgehead atoms. The van der Waals surface area contributed by atoms with Crippen LogP contribution in [-0.4, -0.2) is 68.3 Å². The highest BCUT2D eigenvalue weighted by atomic mass is 16.5. The van der Waals surface area contributed by atoms with E-state index in [9.17, 15) is 4.79 Å². The standard InChI is InChI=1S/C27H36N2O3/c1-31-21-23-8-5-16-29(20-23)27(30)24-9-11-25(12-10-24)32-26-14-18-28(19-15-26)17-13-22-6-3-2-4-7-22/h2-4,6-7,9-12,23,26H,5,8,13-21H2,1H3/t23-/m0/s1. The van der Waals surface area contributed by atoms with E-state index in [0.29, 0.717) is 5.92 Å². The van der Waals surface area contributed by atoms with Crippen LogP contribution in [0, 0.1) is 5.92 Å². The van der Waals surface area contributed by atoms with Crippen molar-refractivity contribution >= 4 is 5.91 Å². The summed E-state index contributed by atoms with van der Waals surface area (Å²) >= 11 is 0. The van der Waals surface area contributed by atoms with Crippen molar-refractivity contribution in [3.05, 3.63) is 65.7 Å². The van der Waals surface area contributed by atoms with Gasteiger partial charge in [0.1, 0.15) is 11.9 Å². The van der Waals surface area contributed by atoms with Crippen LogP contribution in [0.25, 0.3) is 0 Å². The number of benzene rings is 2. The fourth-order valence-corrected chi connectivity index (χ4v) is 4.85. The van der Waals surface area contributed by atoms with Crippen LogP contribution < -0.4 is 4.74 Å². The van der Waals surface area contributed by atoms with Gasteiger partial charge in [-0.3, -0.25) is 4.79 Å². The monoisotopic (exact) mass is 436 g/mol. The topological polar surface area (TPSA) is 42.0 Å². The second-order valence-corrected chi connectivity index (χ2v) is 9.13. The molecule has 5 heteroatoms. The zero-order chi connectivity index (χ0) is 22.2. The second kappa shape index (κ2) is 11.5. The van der Waals surface area contributed by atoms with E-state index < -0.39 is 0 Å². The molecule has 0 radical (unpaired) electrons. The molecule has 0 N–H and O–H groups in total. The Morgan fingerprint density at radius 3 is 2.44 bits per heavy atom. The van der Waals surface area contributed by atoms with Crippen LogP contribution in [-0.2, 0) is 11.2 Å². The summed E-state index contributed by atoms with van der Waals surface area (Å²) in [5.74, 6) is 1.42. The minimum absolute atomic E-state index is 0.115. The molecular formula is C27H36N2O3. The Balaban J connectivity index is 1.21. The molecule has 0 aromatic heterocycles. The summed E-state index contributed by atoms with van der Waals surface area (Å²) in [7, 11) is 1.73. The predicted molar refractivity (Wildman–Crippen MR) is 127 cm³/mol. The van der Waals surface area contributed by atoms with E-state index in [1.165, 1.54) is 5.56 Å². The lowest BCUT2D eigenvalue weighted by atomic mass is 9.98. The molecule has 2 aromatic carbocycles. The van der Waals surface area contributed by atoms with Crippen molar-refractivity contribution in [1.82, 2.24) is 9.80 Å². The van der Waals surface area contributed by atoms with Gasteiger partial charge in [-0.2, -0.15) is 0 Å². The second-order valence-electron chi connectivity index (χ2n) is 9.13. The van der Waals surface area contributed by atoms with Crippen LogP contribution in [0.2, 0.25) is 0 Å². The van der Waals surface area contributed by atoms with E-state index in [1.807, 2.05) is 29.2 Å². The normalized spacial score (nSPS) is 20.3. The highest BCUT2D eigenvalue weighted by molar-refractivity contribution is 5.94. The van der Waals surface area contributed by atoms with Crippen molar-refractivity contribution in [2.75, 3.05) is 46.4 Å². The van der Waals surface area contributed by atoms with Crippen LogP contribution in [0.15, 0.2) is 54.6 Å². The molecule has 2 saturated heterocycles. The Kier molecular flexibility index (Phi) is 8.18. The number of hydrogen-bond donors (Lipinski definition) is 0. The maximum Gasteiger partial charge on any atom is 0.253 e. The summed E-state index contributed by atoms with van der Waals surface area (Å²) in [6.45, 7) is 5.60. The average Bonchev–Trinajstić information content (AvgIpc) is 2.85. The van der Waals surface area contributed by atoms with Crippen molar-refractivity contribution in [3.63, 3.8) is 0 Å². The van der Waals surface area contributed by atoms with Crippen molar-refractivity contribution in [2.24, 2.45) is 5.92 Å². The first-order chi connectivity index (χ1) is 15.7. The highest BCUT2D eigenvalue weighted by Crippen LogP contribution is 2.22. The lowest BCUT2D eigenvalue weighted by molar-refractivity contribution is 0.0571. The molecule has 0 spiro atoms. The maximum atomic E-state index is 12.9. The van der Waals surface area contributed by atoms with Crippen LogP contribution in [0.1, 0.15) is 41.6 Å². The fourth-order valence-electron chi connectivity index (χ4n) is 4.85. The molecular weight excluding hydrogens is 400 g/mol. The van der Waals surface area contributed by atoms with Gasteiger partial charge in [-0.05, 0) is 67.9 Å². The van der Waals surface area contributed by atoms with Gasteiger partial charge >= 0.3 is 0 Å². The number of ether oxygens (including phenoxy) is 2. The lowest BCUT2D eigenvalue weighted by Crippen LogP contribution is -2.41. The largest absolute Gasteiger partial charge is 0.490 e. The summed E-state index contributed by atoms with van der Waals surface area (Å²) in [6.07, 6.45) is 5.63. The molecule has 2 aromatic rings. The van der Waals surface area contributed by atoms with Gasteiger partial charge in [-0.1, -0.05) is 30.3 Å².